The minimum atomic E-state index is -0.352. The highest BCUT2D eigenvalue weighted by molar-refractivity contribution is 5.93. The van der Waals surface area contributed by atoms with Crippen LogP contribution in [0.5, 0.6) is 0 Å². The minimum Gasteiger partial charge on any atom is -0.350 e. The molecular weight excluding hydrogens is 323 g/mol. The second-order valence-corrected chi connectivity index (χ2v) is 6.39. The number of amides is 1. The molecule has 0 spiro atoms. The van der Waals surface area contributed by atoms with E-state index in [0.717, 1.165) is 6.42 Å². The molecule has 0 bridgehead atoms. The zero-order chi connectivity index (χ0) is 17.4. The van der Waals surface area contributed by atoms with Crippen LogP contribution in [0.25, 0.3) is 11.3 Å². The number of benzene rings is 1. The fraction of sp³-hybridized carbons (Fsp3) is 0.278. The van der Waals surface area contributed by atoms with Crippen LogP contribution in [0.1, 0.15) is 16.1 Å². The van der Waals surface area contributed by atoms with Gasteiger partial charge in [-0.15, -0.1) is 0 Å². The van der Waals surface area contributed by atoms with Crippen LogP contribution in [0, 0.1) is 11.7 Å². The third-order valence-corrected chi connectivity index (χ3v) is 4.37. The van der Waals surface area contributed by atoms with Crippen molar-refractivity contribution >= 4 is 5.91 Å². The largest absolute Gasteiger partial charge is 0.350 e. The quantitative estimate of drug-likeness (QED) is 0.732. The normalized spacial score (nSPS) is 14.6. The van der Waals surface area contributed by atoms with Crippen LogP contribution in [0.3, 0.4) is 0 Å². The highest BCUT2D eigenvalue weighted by Crippen LogP contribution is 2.25. The first-order chi connectivity index (χ1) is 12.1. The molecule has 1 amide bonds. The van der Waals surface area contributed by atoms with Gasteiger partial charge in [-0.05, 0) is 30.0 Å². The molecular formula is C18H17FN4O2. The van der Waals surface area contributed by atoms with Gasteiger partial charge < -0.3 is 9.42 Å². The van der Waals surface area contributed by atoms with E-state index in [-0.39, 0.29) is 17.5 Å². The average molecular weight is 340 g/mol. The molecule has 4 rings (SSSR count). The Labute approximate surface area is 143 Å². The lowest BCUT2D eigenvalue weighted by Crippen LogP contribution is -2.50. The first kappa shape index (κ1) is 15.6. The van der Waals surface area contributed by atoms with Gasteiger partial charge in [0.15, 0.2) is 0 Å². The Morgan fingerprint density at radius 1 is 1.36 bits per heavy atom. The Hall–Kier alpha value is -2.96. The highest BCUT2D eigenvalue weighted by atomic mass is 19.1. The van der Waals surface area contributed by atoms with Crippen molar-refractivity contribution < 1.29 is 13.7 Å². The van der Waals surface area contributed by atoms with Crippen LogP contribution in [-0.2, 0) is 13.5 Å². The van der Waals surface area contributed by atoms with Gasteiger partial charge in [-0.1, -0.05) is 17.3 Å². The van der Waals surface area contributed by atoms with E-state index in [9.17, 15) is 9.18 Å². The molecule has 0 N–H and O–H groups in total. The molecule has 7 heteroatoms. The monoisotopic (exact) mass is 340 g/mol. The van der Waals surface area contributed by atoms with Gasteiger partial charge in [-0.2, -0.15) is 5.10 Å². The van der Waals surface area contributed by atoms with Crippen molar-refractivity contribution in [3.8, 4) is 11.3 Å². The maximum atomic E-state index is 13.3. The third kappa shape index (κ3) is 3.17. The fourth-order valence-corrected chi connectivity index (χ4v) is 3.09. The van der Waals surface area contributed by atoms with Crippen molar-refractivity contribution in [3.05, 3.63) is 59.9 Å². The molecule has 2 aromatic heterocycles. The summed E-state index contributed by atoms with van der Waals surface area (Å²) in [4.78, 5) is 14.2. The first-order valence-corrected chi connectivity index (χ1v) is 8.08. The lowest BCUT2D eigenvalue weighted by atomic mass is 9.93. The summed E-state index contributed by atoms with van der Waals surface area (Å²) in [5.41, 5.74) is 2.21. The molecule has 0 aliphatic carbocycles. The Balaban J connectivity index is 1.38. The molecule has 3 heterocycles. The van der Waals surface area contributed by atoms with Crippen LogP contribution in [0.15, 0.2) is 47.2 Å². The number of carbonyl (C=O) groups is 1. The van der Waals surface area contributed by atoms with Gasteiger partial charge in [0.25, 0.3) is 5.91 Å². The number of hydrogen-bond donors (Lipinski definition) is 0. The van der Waals surface area contributed by atoms with E-state index in [4.69, 9.17) is 4.52 Å². The van der Waals surface area contributed by atoms with Crippen molar-refractivity contribution in [1.29, 1.82) is 0 Å². The van der Waals surface area contributed by atoms with Crippen molar-refractivity contribution in [2.45, 2.75) is 6.42 Å². The summed E-state index contributed by atoms with van der Waals surface area (Å²) in [5, 5.41) is 8.03. The number of aromatic nitrogens is 3. The van der Waals surface area contributed by atoms with Crippen LogP contribution in [-0.4, -0.2) is 38.8 Å². The van der Waals surface area contributed by atoms with Crippen LogP contribution in [0.4, 0.5) is 4.39 Å². The van der Waals surface area contributed by atoms with Crippen LogP contribution in [0.2, 0.25) is 0 Å². The number of likely N-dealkylation sites (tertiary alicyclic amines) is 1. The SMILES string of the molecule is Cn1cc(CC2CN(C(=O)c3cc(-c4cccc(F)c4)no3)C2)cn1. The molecule has 0 radical (unpaired) electrons. The Kier molecular flexibility index (Phi) is 3.83. The molecule has 0 saturated carbocycles. The number of carbonyl (C=O) groups excluding carboxylic acids is 1. The zero-order valence-corrected chi connectivity index (χ0v) is 13.7. The highest BCUT2D eigenvalue weighted by Gasteiger charge is 2.33. The fourth-order valence-electron chi connectivity index (χ4n) is 3.09. The second kappa shape index (κ2) is 6.16. The van der Waals surface area contributed by atoms with Crippen LogP contribution >= 0.6 is 0 Å². The number of halogens is 1. The number of rotatable bonds is 4. The molecule has 1 saturated heterocycles. The lowest BCUT2D eigenvalue weighted by molar-refractivity contribution is 0.0460. The number of hydrogen-bond acceptors (Lipinski definition) is 4. The molecule has 1 fully saturated rings. The van der Waals surface area contributed by atoms with Gasteiger partial charge in [0, 0.05) is 38.0 Å². The molecule has 3 aromatic rings. The van der Waals surface area contributed by atoms with Crippen LogP contribution < -0.4 is 0 Å². The van der Waals surface area contributed by atoms with Gasteiger partial charge in [0.1, 0.15) is 11.5 Å². The second-order valence-electron chi connectivity index (χ2n) is 6.39. The Morgan fingerprint density at radius 2 is 2.20 bits per heavy atom. The molecule has 1 aliphatic heterocycles. The van der Waals surface area contributed by atoms with E-state index in [2.05, 4.69) is 10.3 Å². The van der Waals surface area contributed by atoms with E-state index in [1.807, 2.05) is 19.4 Å². The van der Waals surface area contributed by atoms with E-state index >= 15 is 0 Å². The molecule has 1 aromatic carbocycles. The summed E-state index contributed by atoms with van der Waals surface area (Å²) in [6, 6.07) is 7.60. The number of aryl methyl sites for hydroxylation is 1. The predicted molar refractivity (Wildman–Crippen MR) is 88.2 cm³/mol. The molecule has 0 atom stereocenters. The summed E-state index contributed by atoms with van der Waals surface area (Å²) < 4.78 is 20.2. The number of nitrogens with zero attached hydrogens (tertiary/aromatic N) is 4. The average Bonchev–Trinajstić information content (AvgIpc) is 3.19. The Morgan fingerprint density at radius 3 is 2.92 bits per heavy atom. The van der Waals surface area contributed by atoms with Gasteiger partial charge >= 0.3 is 0 Å². The third-order valence-electron chi connectivity index (χ3n) is 4.37. The molecule has 6 nitrogen and oxygen atoms in total. The maximum Gasteiger partial charge on any atom is 0.292 e. The van der Waals surface area contributed by atoms with Gasteiger partial charge in [0.05, 0.1) is 6.20 Å². The van der Waals surface area contributed by atoms with E-state index in [1.54, 1.807) is 27.8 Å². The van der Waals surface area contributed by atoms with Crippen molar-refractivity contribution in [1.82, 2.24) is 19.8 Å². The first-order valence-electron chi connectivity index (χ1n) is 8.08. The standard InChI is InChI=1S/C18H17FN4O2/c1-22-9-12(8-20-22)5-13-10-23(11-13)18(24)17-7-16(21-25-17)14-3-2-4-15(19)6-14/h2-4,6-9,13H,5,10-11H2,1H3. The van der Waals surface area contributed by atoms with E-state index < -0.39 is 0 Å². The van der Waals surface area contributed by atoms with Crippen molar-refractivity contribution in [2.24, 2.45) is 13.0 Å². The summed E-state index contributed by atoms with van der Waals surface area (Å²) >= 11 is 0. The van der Waals surface area contributed by atoms with Crippen molar-refractivity contribution in [3.63, 3.8) is 0 Å². The summed E-state index contributed by atoms with van der Waals surface area (Å²) in [5.74, 6) is 0.0739. The molecule has 128 valence electrons. The van der Waals surface area contributed by atoms with E-state index in [1.165, 1.54) is 17.7 Å². The molecule has 1 aliphatic rings. The Bertz CT molecular complexity index is 911. The molecule has 0 unspecified atom stereocenters. The van der Waals surface area contributed by atoms with Crippen molar-refractivity contribution in [2.75, 3.05) is 13.1 Å². The smallest absolute Gasteiger partial charge is 0.292 e. The summed E-state index contributed by atoms with van der Waals surface area (Å²) in [6.07, 6.45) is 4.75. The minimum absolute atomic E-state index is 0.180. The zero-order valence-electron chi connectivity index (χ0n) is 13.7. The van der Waals surface area contributed by atoms with Gasteiger partial charge in [-0.3, -0.25) is 9.48 Å². The maximum absolute atomic E-state index is 13.3. The van der Waals surface area contributed by atoms with Gasteiger partial charge in [-0.25, -0.2) is 4.39 Å². The lowest BCUT2D eigenvalue weighted by Gasteiger charge is -2.38. The topological polar surface area (TPSA) is 64.2 Å². The summed E-state index contributed by atoms with van der Waals surface area (Å²) in [6.45, 7) is 1.37. The molecule has 25 heavy (non-hydrogen) atoms. The van der Waals surface area contributed by atoms with Gasteiger partial charge in [0.2, 0.25) is 5.76 Å². The van der Waals surface area contributed by atoms with E-state index in [0.29, 0.717) is 30.3 Å². The summed E-state index contributed by atoms with van der Waals surface area (Å²) in [7, 11) is 1.89. The predicted octanol–water partition coefficient (Wildman–Crippen LogP) is 2.53.